The molecule has 6 heteroatoms. The highest BCUT2D eigenvalue weighted by Crippen LogP contribution is 2.03. The Labute approximate surface area is 119 Å². The van der Waals surface area contributed by atoms with E-state index in [9.17, 15) is 4.79 Å². The highest BCUT2D eigenvalue weighted by atomic mass is 16.5. The minimum atomic E-state index is -0.121. The number of carbonyl (C=O) groups excluding carboxylic acids is 1. The molecular formula is C14H22N4O2. The fourth-order valence-electron chi connectivity index (χ4n) is 2.12. The minimum absolute atomic E-state index is 0.121. The number of rotatable bonds is 6. The van der Waals surface area contributed by atoms with Crippen LogP contribution in [0.3, 0.4) is 0 Å². The van der Waals surface area contributed by atoms with Crippen LogP contribution in [0.4, 0.5) is 5.82 Å². The van der Waals surface area contributed by atoms with Gasteiger partial charge < -0.3 is 15.4 Å². The maximum atomic E-state index is 11.9. The summed E-state index contributed by atoms with van der Waals surface area (Å²) in [5.41, 5.74) is 0.447. The summed E-state index contributed by atoms with van der Waals surface area (Å²) in [4.78, 5) is 18.5. The average Bonchev–Trinajstić information content (AvgIpc) is 2.52. The number of anilines is 1. The summed E-state index contributed by atoms with van der Waals surface area (Å²) >= 11 is 0. The number of hydrogen-bond donors (Lipinski definition) is 2. The molecule has 2 rings (SSSR count). The minimum Gasteiger partial charge on any atom is -0.379 e. The molecule has 0 radical (unpaired) electrons. The van der Waals surface area contributed by atoms with Crippen LogP contribution in [0.1, 0.15) is 16.9 Å². The Kier molecular flexibility index (Phi) is 5.76. The first-order chi connectivity index (χ1) is 9.79. The number of amides is 1. The van der Waals surface area contributed by atoms with Crippen molar-refractivity contribution in [2.45, 2.75) is 6.42 Å². The third kappa shape index (κ3) is 4.47. The summed E-state index contributed by atoms with van der Waals surface area (Å²) in [5, 5.41) is 5.83. The number of nitrogens with one attached hydrogen (secondary N) is 2. The van der Waals surface area contributed by atoms with Crippen molar-refractivity contribution in [3.63, 3.8) is 0 Å². The highest BCUT2D eigenvalue weighted by molar-refractivity contribution is 5.92. The molecule has 2 heterocycles. The zero-order valence-corrected chi connectivity index (χ0v) is 11.9. The summed E-state index contributed by atoms with van der Waals surface area (Å²) < 4.78 is 5.30. The number of morpholine rings is 1. The van der Waals surface area contributed by atoms with Crippen molar-refractivity contribution in [1.29, 1.82) is 0 Å². The van der Waals surface area contributed by atoms with Gasteiger partial charge in [0.1, 0.15) is 11.5 Å². The molecule has 0 bridgehead atoms. The van der Waals surface area contributed by atoms with Crippen LogP contribution < -0.4 is 10.6 Å². The predicted molar refractivity (Wildman–Crippen MR) is 78.0 cm³/mol. The molecule has 6 nitrogen and oxygen atoms in total. The molecule has 1 aromatic heterocycles. The molecule has 110 valence electrons. The first-order valence-electron chi connectivity index (χ1n) is 7.02. The molecule has 0 aliphatic carbocycles. The summed E-state index contributed by atoms with van der Waals surface area (Å²) in [5.74, 6) is 0.579. The second-order valence-electron chi connectivity index (χ2n) is 4.72. The quantitative estimate of drug-likeness (QED) is 0.745. The maximum absolute atomic E-state index is 11.9. The molecule has 0 atom stereocenters. The number of hydrogen-bond acceptors (Lipinski definition) is 5. The Morgan fingerprint density at radius 3 is 2.95 bits per heavy atom. The third-order valence-electron chi connectivity index (χ3n) is 3.28. The van der Waals surface area contributed by atoms with Crippen LogP contribution >= 0.6 is 0 Å². The SMILES string of the molecule is CNc1cccc(C(=O)NCCCN2CCOCC2)n1. The van der Waals surface area contributed by atoms with Gasteiger partial charge in [-0.25, -0.2) is 4.98 Å². The average molecular weight is 278 g/mol. The van der Waals surface area contributed by atoms with Crippen molar-refractivity contribution in [2.24, 2.45) is 0 Å². The molecule has 0 aromatic carbocycles. The van der Waals surface area contributed by atoms with Crippen molar-refractivity contribution >= 4 is 11.7 Å². The normalized spacial score (nSPS) is 15.8. The van der Waals surface area contributed by atoms with Crippen molar-refractivity contribution in [3.05, 3.63) is 23.9 Å². The molecule has 0 saturated carbocycles. The lowest BCUT2D eigenvalue weighted by atomic mass is 10.3. The van der Waals surface area contributed by atoms with Gasteiger partial charge in [0.05, 0.1) is 13.2 Å². The number of aromatic nitrogens is 1. The van der Waals surface area contributed by atoms with E-state index in [2.05, 4.69) is 20.5 Å². The van der Waals surface area contributed by atoms with Gasteiger partial charge in [0.25, 0.3) is 5.91 Å². The Balaban J connectivity index is 1.69. The van der Waals surface area contributed by atoms with Gasteiger partial charge in [-0.2, -0.15) is 0 Å². The second kappa shape index (κ2) is 7.81. The molecule has 20 heavy (non-hydrogen) atoms. The number of ether oxygens (including phenoxy) is 1. The first-order valence-corrected chi connectivity index (χ1v) is 7.02. The molecule has 1 saturated heterocycles. The zero-order valence-electron chi connectivity index (χ0n) is 11.9. The van der Waals surface area contributed by atoms with E-state index < -0.39 is 0 Å². The van der Waals surface area contributed by atoms with Crippen LogP contribution in [0.5, 0.6) is 0 Å². The molecule has 0 unspecified atom stereocenters. The van der Waals surface area contributed by atoms with Gasteiger partial charge in [-0.3, -0.25) is 9.69 Å². The smallest absolute Gasteiger partial charge is 0.269 e. The first kappa shape index (κ1) is 14.7. The van der Waals surface area contributed by atoms with Crippen LogP contribution in [-0.4, -0.2) is 62.2 Å². The van der Waals surface area contributed by atoms with E-state index in [4.69, 9.17) is 4.74 Å². The monoisotopic (exact) mass is 278 g/mol. The molecule has 1 aliphatic rings. The van der Waals surface area contributed by atoms with Crippen molar-refractivity contribution in [1.82, 2.24) is 15.2 Å². The Morgan fingerprint density at radius 2 is 2.20 bits per heavy atom. The van der Waals surface area contributed by atoms with Crippen LogP contribution in [0.2, 0.25) is 0 Å². The topological polar surface area (TPSA) is 66.5 Å². The number of carbonyl (C=O) groups is 1. The van der Waals surface area contributed by atoms with E-state index in [0.717, 1.165) is 39.3 Å². The van der Waals surface area contributed by atoms with Crippen LogP contribution in [0.25, 0.3) is 0 Å². The van der Waals surface area contributed by atoms with Crippen LogP contribution in [-0.2, 0) is 4.74 Å². The summed E-state index contributed by atoms with van der Waals surface area (Å²) in [7, 11) is 1.78. The molecule has 1 aliphatic heterocycles. The van der Waals surface area contributed by atoms with Gasteiger partial charge in [-0.15, -0.1) is 0 Å². The van der Waals surface area contributed by atoms with Crippen molar-refractivity contribution in [3.8, 4) is 0 Å². The fraction of sp³-hybridized carbons (Fsp3) is 0.571. The maximum Gasteiger partial charge on any atom is 0.269 e. The highest BCUT2D eigenvalue weighted by Gasteiger charge is 2.10. The standard InChI is InChI=1S/C14H22N4O2/c1-15-13-5-2-4-12(17-13)14(19)16-6-3-7-18-8-10-20-11-9-18/h2,4-5H,3,6-11H2,1H3,(H,15,17)(H,16,19). The molecular weight excluding hydrogens is 256 g/mol. The lowest BCUT2D eigenvalue weighted by Gasteiger charge is -2.26. The van der Waals surface area contributed by atoms with Crippen molar-refractivity contribution in [2.75, 3.05) is 51.8 Å². The van der Waals surface area contributed by atoms with E-state index >= 15 is 0 Å². The van der Waals surface area contributed by atoms with Gasteiger partial charge in [-0.05, 0) is 25.1 Å². The largest absolute Gasteiger partial charge is 0.379 e. The van der Waals surface area contributed by atoms with E-state index in [1.807, 2.05) is 12.1 Å². The van der Waals surface area contributed by atoms with Crippen LogP contribution in [0.15, 0.2) is 18.2 Å². The van der Waals surface area contributed by atoms with E-state index in [-0.39, 0.29) is 5.91 Å². The fourth-order valence-corrected chi connectivity index (χ4v) is 2.12. The second-order valence-corrected chi connectivity index (χ2v) is 4.72. The molecule has 2 N–H and O–H groups in total. The van der Waals surface area contributed by atoms with E-state index in [0.29, 0.717) is 18.1 Å². The third-order valence-corrected chi connectivity index (χ3v) is 3.28. The van der Waals surface area contributed by atoms with E-state index in [1.54, 1.807) is 13.1 Å². The van der Waals surface area contributed by atoms with Gasteiger partial charge in [-0.1, -0.05) is 6.07 Å². The number of nitrogens with zero attached hydrogens (tertiary/aromatic N) is 2. The lowest BCUT2D eigenvalue weighted by molar-refractivity contribution is 0.0374. The van der Waals surface area contributed by atoms with Crippen molar-refractivity contribution < 1.29 is 9.53 Å². The summed E-state index contributed by atoms with van der Waals surface area (Å²) in [6, 6.07) is 5.37. The van der Waals surface area contributed by atoms with Gasteiger partial charge >= 0.3 is 0 Å². The number of pyridine rings is 1. The van der Waals surface area contributed by atoms with Gasteiger partial charge in [0.2, 0.25) is 0 Å². The molecule has 1 aromatic rings. The summed E-state index contributed by atoms with van der Waals surface area (Å²) in [6.45, 7) is 5.26. The molecule has 1 fully saturated rings. The Morgan fingerprint density at radius 1 is 1.40 bits per heavy atom. The van der Waals surface area contributed by atoms with E-state index in [1.165, 1.54) is 0 Å². The Bertz CT molecular complexity index is 433. The van der Waals surface area contributed by atoms with Gasteiger partial charge in [0, 0.05) is 26.7 Å². The van der Waals surface area contributed by atoms with Crippen LogP contribution in [0, 0.1) is 0 Å². The molecule has 0 spiro atoms. The zero-order chi connectivity index (χ0) is 14.2. The summed E-state index contributed by atoms with van der Waals surface area (Å²) in [6.07, 6.45) is 0.942. The Hall–Kier alpha value is -1.66. The van der Waals surface area contributed by atoms with Gasteiger partial charge in [0.15, 0.2) is 0 Å². The lowest BCUT2D eigenvalue weighted by Crippen LogP contribution is -2.38. The predicted octanol–water partition coefficient (Wildman–Crippen LogP) is 0.575. The molecule has 1 amide bonds.